The summed E-state index contributed by atoms with van der Waals surface area (Å²) in [5.74, 6) is 1.85. The Hall–Kier alpha value is -0.380. The molecule has 3 nitrogen and oxygen atoms in total. The normalized spacial score (nSPS) is 50.3. The monoisotopic (exact) mass is 446 g/mol. The van der Waals surface area contributed by atoms with Crippen LogP contribution in [0.15, 0.2) is 12.2 Å². The summed E-state index contributed by atoms with van der Waals surface area (Å²) in [5, 5.41) is 33.7. The lowest BCUT2D eigenvalue weighted by Gasteiger charge is -2.68. The van der Waals surface area contributed by atoms with E-state index in [-0.39, 0.29) is 40.3 Å². The molecule has 4 rings (SSSR count). The molecule has 10 atom stereocenters. The molecule has 184 valence electrons. The molecule has 4 aliphatic carbocycles. The molecule has 10 unspecified atom stereocenters. The molecule has 0 spiro atoms. The van der Waals surface area contributed by atoms with Crippen molar-refractivity contribution in [2.24, 2.45) is 45.8 Å². The van der Waals surface area contributed by atoms with Gasteiger partial charge < -0.3 is 15.3 Å². The van der Waals surface area contributed by atoms with Crippen LogP contribution in [0.1, 0.15) is 106 Å². The summed E-state index contributed by atoms with van der Waals surface area (Å²) in [6.07, 6.45) is 9.46. The van der Waals surface area contributed by atoms with Gasteiger partial charge in [-0.15, -0.1) is 0 Å². The molecule has 0 aliphatic heterocycles. The third-order valence-corrected chi connectivity index (χ3v) is 12.0. The van der Waals surface area contributed by atoms with Gasteiger partial charge in [0.1, 0.15) is 0 Å². The first-order valence-corrected chi connectivity index (χ1v) is 13.5. The zero-order valence-electron chi connectivity index (χ0n) is 21.7. The third kappa shape index (κ3) is 3.55. The van der Waals surface area contributed by atoms with Crippen LogP contribution in [0.4, 0.5) is 0 Å². The van der Waals surface area contributed by atoms with Crippen LogP contribution in [0.25, 0.3) is 0 Å². The number of aliphatic hydroxyl groups is 3. The lowest BCUT2D eigenvalue weighted by atomic mass is 9.37. The van der Waals surface area contributed by atoms with Crippen LogP contribution >= 0.6 is 0 Å². The van der Waals surface area contributed by atoms with Gasteiger partial charge in [0.2, 0.25) is 0 Å². The van der Waals surface area contributed by atoms with Gasteiger partial charge in [-0.1, -0.05) is 46.8 Å². The second kappa shape index (κ2) is 8.09. The molecule has 0 amide bonds. The Bertz CT molecular complexity index is 728. The number of hydrogen-bond donors (Lipinski definition) is 3. The summed E-state index contributed by atoms with van der Waals surface area (Å²) < 4.78 is 0. The summed E-state index contributed by atoms with van der Waals surface area (Å²) in [4.78, 5) is 0. The smallest absolute Gasteiger partial charge is 0.0654 e. The summed E-state index contributed by atoms with van der Waals surface area (Å²) in [7, 11) is 0. The van der Waals surface area contributed by atoms with Crippen molar-refractivity contribution in [3.8, 4) is 0 Å². The number of aliphatic hydroxyl groups excluding tert-OH is 2. The van der Waals surface area contributed by atoms with Crippen molar-refractivity contribution in [1.82, 2.24) is 0 Å². The topological polar surface area (TPSA) is 60.7 Å². The molecular weight excluding hydrogens is 396 g/mol. The minimum atomic E-state index is -0.763. The molecule has 0 heterocycles. The van der Waals surface area contributed by atoms with Crippen LogP contribution in [0.3, 0.4) is 0 Å². The standard InChI is InChI=1S/C29H50O3/c1-18(2)19(3)8-15-29(7,32)22-11-14-28(6)25(22)23(31)17-24-26(4)12-10-21(30)16-20(26)9-13-27(24,28)5/h18,20-25,30-32H,3,8-17H2,1-2,4-7H3. The van der Waals surface area contributed by atoms with Crippen LogP contribution < -0.4 is 0 Å². The molecular formula is C29H50O3. The zero-order valence-corrected chi connectivity index (χ0v) is 21.7. The first-order valence-electron chi connectivity index (χ1n) is 13.5. The van der Waals surface area contributed by atoms with Gasteiger partial charge in [-0.05, 0) is 117 Å². The Morgan fingerprint density at radius 3 is 2.31 bits per heavy atom. The Morgan fingerprint density at radius 2 is 1.66 bits per heavy atom. The third-order valence-electron chi connectivity index (χ3n) is 12.0. The maximum Gasteiger partial charge on any atom is 0.0654 e. The van der Waals surface area contributed by atoms with Crippen LogP contribution in [0.5, 0.6) is 0 Å². The van der Waals surface area contributed by atoms with E-state index >= 15 is 0 Å². The van der Waals surface area contributed by atoms with Crippen molar-refractivity contribution in [1.29, 1.82) is 0 Å². The van der Waals surface area contributed by atoms with Gasteiger partial charge in [0.15, 0.2) is 0 Å². The first-order chi connectivity index (χ1) is 14.8. The highest BCUT2D eigenvalue weighted by Crippen LogP contribution is 2.74. The molecule has 32 heavy (non-hydrogen) atoms. The molecule has 0 aromatic carbocycles. The first kappa shape index (κ1) is 24.7. The van der Waals surface area contributed by atoms with Crippen molar-refractivity contribution in [3.05, 3.63) is 12.2 Å². The van der Waals surface area contributed by atoms with Gasteiger partial charge >= 0.3 is 0 Å². The maximum absolute atomic E-state index is 11.7. The van der Waals surface area contributed by atoms with E-state index in [0.717, 1.165) is 51.4 Å². The van der Waals surface area contributed by atoms with Gasteiger partial charge in [0.05, 0.1) is 17.8 Å². The average molecular weight is 447 g/mol. The Labute approximate surface area is 197 Å². The van der Waals surface area contributed by atoms with Crippen molar-refractivity contribution < 1.29 is 15.3 Å². The summed E-state index contributed by atoms with van der Waals surface area (Å²) in [6.45, 7) is 18.1. The molecule has 4 fully saturated rings. The number of allylic oxidation sites excluding steroid dienone is 1. The predicted octanol–water partition coefficient (Wildman–Crippen LogP) is 6.11. The Balaban J connectivity index is 1.61. The van der Waals surface area contributed by atoms with E-state index in [1.807, 2.05) is 6.92 Å². The summed E-state index contributed by atoms with van der Waals surface area (Å²) >= 11 is 0. The lowest BCUT2D eigenvalue weighted by molar-refractivity contribution is -0.225. The van der Waals surface area contributed by atoms with Gasteiger partial charge in [-0.25, -0.2) is 0 Å². The number of fused-ring (bicyclic) bond motifs is 5. The highest BCUT2D eigenvalue weighted by Gasteiger charge is 2.69. The highest BCUT2D eigenvalue weighted by atomic mass is 16.3. The van der Waals surface area contributed by atoms with Crippen LogP contribution in [-0.4, -0.2) is 33.1 Å². The van der Waals surface area contributed by atoms with Crippen molar-refractivity contribution in [2.75, 3.05) is 0 Å². The minimum absolute atomic E-state index is 0.0586. The fourth-order valence-electron chi connectivity index (χ4n) is 9.47. The van der Waals surface area contributed by atoms with E-state index in [2.05, 4.69) is 41.2 Å². The molecule has 3 N–H and O–H groups in total. The van der Waals surface area contributed by atoms with Crippen molar-refractivity contribution in [2.45, 2.75) is 124 Å². The van der Waals surface area contributed by atoms with E-state index < -0.39 is 5.60 Å². The lowest BCUT2D eigenvalue weighted by Crippen LogP contribution is -2.64. The summed E-state index contributed by atoms with van der Waals surface area (Å²) in [5.41, 5.74) is 0.921. The fourth-order valence-corrected chi connectivity index (χ4v) is 9.47. The van der Waals surface area contributed by atoms with E-state index in [9.17, 15) is 15.3 Å². The molecule has 3 heteroatoms. The van der Waals surface area contributed by atoms with E-state index in [0.29, 0.717) is 17.8 Å². The van der Waals surface area contributed by atoms with Gasteiger partial charge in [-0.3, -0.25) is 0 Å². The van der Waals surface area contributed by atoms with Crippen molar-refractivity contribution >= 4 is 0 Å². The molecule has 4 saturated carbocycles. The maximum atomic E-state index is 11.7. The van der Waals surface area contributed by atoms with E-state index in [1.165, 1.54) is 18.4 Å². The van der Waals surface area contributed by atoms with Gasteiger partial charge in [-0.2, -0.15) is 0 Å². The minimum Gasteiger partial charge on any atom is -0.393 e. The molecule has 0 saturated heterocycles. The van der Waals surface area contributed by atoms with E-state index in [4.69, 9.17) is 0 Å². The predicted molar refractivity (Wildman–Crippen MR) is 131 cm³/mol. The second-order valence-corrected chi connectivity index (χ2v) is 13.7. The Morgan fingerprint density at radius 1 is 1.00 bits per heavy atom. The van der Waals surface area contributed by atoms with Crippen LogP contribution in [0, 0.1) is 45.8 Å². The molecule has 0 aromatic rings. The highest BCUT2D eigenvalue weighted by molar-refractivity contribution is 5.18. The summed E-state index contributed by atoms with van der Waals surface area (Å²) in [6, 6.07) is 0. The average Bonchev–Trinajstić information content (AvgIpc) is 3.10. The largest absolute Gasteiger partial charge is 0.393 e. The van der Waals surface area contributed by atoms with Crippen LogP contribution in [-0.2, 0) is 0 Å². The second-order valence-electron chi connectivity index (χ2n) is 13.7. The Kier molecular flexibility index (Phi) is 6.25. The van der Waals surface area contributed by atoms with E-state index in [1.54, 1.807) is 0 Å². The van der Waals surface area contributed by atoms with Gasteiger partial charge in [0.25, 0.3) is 0 Å². The van der Waals surface area contributed by atoms with Gasteiger partial charge in [0, 0.05) is 0 Å². The number of hydrogen-bond acceptors (Lipinski definition) is 3. The zero-order chi connectivity index (χ0) is 23.7. The fraction of sp³-hybridized carbons (Fsp3) is 0.931. The molecule has 0 bridgehead atoms. The quantitative estimate of drug-likeness (QED) is 0.446. The number of rotatable bonds is 5. The van der Waals surface area contributed by atoms with Crippen molar-refractivity contribution in [3.63, 3.8) is 0 Å². The SMILES string of the molecule is C=C(CCC(C)(O)C1CCC2(C)C1C(O)CC1C3(C)CCC(O)CC3CCC12C)C(C)C. The molecule has 4 aliphatic rings. The van der Waals surface area contributed by atoms with Crippen LogP contribution in [0.2, 0.25) is 0 Å². The molecule has 0 aromatic heterocycles. The molecule has 0 radical (unpaired) electrons.